The maximum atomic E-state index is 12.4. The van der Waals surface area contributed by atoms with E-state index in [2.05, 4.69) is 23.2 Å². The minimum atomic E-state index is -0.648. The van der Waals surface area contributed by atoms with Crippen LogP contribution < -0.4 is 10.2 Å². The molecule has 0 spiro atoms. The predicted molar refractivity (Wildman–Crippen MR) is 124 cm³/mol. The third kappa shape index (κ3) is 5.81. The van der Waals surface area contributed by atoms with E-state index in [1.165, 1.54) is 4.90 Å². The zero-order valence-corrected chi connectivity index (χ0v) is 19.9. The third-order valence-electron chi connectivity index (χ3n) is 6.25. The highest BCUT2D eigenvalue weighted by molar-refractivity contribution is 6.35. The molecule has 0 atom stereocenters. The van der Waals surface area contributed by atoms with E-state index in [1.807, 2.05) is 13.8 Å². The van der Waals surface area contributed by atoms with Gasteiger partial charge in [-0.3, -0.25) is 9.59 Å². The lowest BCUT2D eigenvalue weighted by Crippen LogP contribution is -2.53. The SMILES string of the molecule is CCCCc1nc(N2CCN(C(=O)C(=O)NCCCO)CC2)c(C#N)c2c1COC(C)(C)C2. The van der Waals surface area contributed by atoms with Crippen molar-refractivity contribution in [1.82, 2.24) is 15.2 Å². The molecule has 180 valence electrons. The highest BCUT2D eigenvalue weighted by Gasteiger charge is 2.34. The van der Waals surface area contributed by atoms with E-state index in [-0.39, 0.29) is 18.8 Å². The standard InChI is InChI=1S/C24H35N5O4/c1-4-5-7-20-19-16-33-24(2,3)14-17(19)18(15-25)21(27-20)28-9-11-29(12-10-28)23(32)22(31)26-8-6-13-30/h30H,4-14,16H2,1-3H3,(H,26,31). The van der Waals surface area contributed by atoms with Gasteiger partial charge in [-0.05, 0) is 38.7 Å². The number of pyridine rings is 1. The Morgan fingerprint density at radius 1 is 1.21 bits per heavy atom. The number of carbonyl (C=O) groups excluding carboxylic acids is 2. The number of nitrogens with one attached hydrogen (secondary N) is 1. The molecule has 9 heteroatoms. The topological polar surface area (TPSA) is 119 Å². The minimum Gasteiger partial charge on any atom is -0.396 e. The fourth-order valence-corrected chi connectivity index (χ4v) is 4.34. The molecule has 3 rings (SSSR count). The average Bonchev–Trinajstić information content (AvgIpc) is 2.81. The van der Waals surface area contributed by atoms with Gasteiger partial charge in [0, 0.05) is 57.0 Å². The summed E-state index contributed by atoms with van der Waals surface area (Å²) in [6.45, 7) is 8.70. The Kier molecular flexibility index (Phi) is 8.27. The molecule has 0 radical (unpaired) electrons. The van der Waals surface area contributed by atoms with Crippen molar-refractivity contribution in [2.75, 3.05) is 44.2 Å². The minimum absolute atomic E-state index is 0.0360. The van der Waals surface area contributed by atoms with Gasteiger partial charge in [0.1, 0.15) is 11.9 Å². The number of anilines is 1. The Labute approximate surface area is 195 Å². The lowest BCUT2D eigenvalue weighted by Gasteiger charge is -2.38. The fraction of sp³-hybridized carbons (Fsp3) is 0.667. The summed E-state index contributed by atoms with van der Waals surface area (Å²) in [5.41, 5.74) is 3.35. The number of aliphatic hydroxyl groups is 1. The van der Waals surface area contributed by atoms with E-state index >= 15 is 0 Å². The molecule has 2 N–H and O–H groups in total. The third-order valence-corrected chi connectivity index (χ3v) is 6.25. The zero-order valence-electron chi connectivity index (χ0n) is 19.9. The predicted octanol–water partition coefficient (Wildman–Crippen LogP) is 1.29. The van der Waals surface area contributed by atoms with Gasteiger partial charge in [0.15, 0.2) is 0 Å². The summed E-state index contributed by atoms with van der Waals surface area (Å²) in [5, 5.41) is 21.4. The van der Waals surface area contributed by atoms with Gasteiger partial charge in [-0.25, -0.2) is 4.98 Å². The lowest BCUT2D eigenvalue weighted by molar-refractivity contribution is -0.146. The molecule has 1 aromatic rings. The van der Waals surface area contributed by atoms with Crippen LogP contribution in [0.2, 0.25) is 0 Å². The van der Waals surface area contributed by atoms with Gasteiger partial charge in [0.2, 0.25) is 0 Å². The van der Waals surface area contributed by atoms with Crippen molar-refractivity contribution in [3.63, 3.8) is 0 Å². The molecule has 33 heavy (non-hydrogen) atoms. The Morgan fingerprint density at radius 2 is 1.94 bits per heavy atom. The summed E-state index contributed by atoms with van der Waals surface area (Å²) in [7, 11) is 0. The molecule has 2 amide bonds. The van der Waals surface area contributed by atoms with Crippen molar-refractivity contribution in [2.45, 2.75) is 65.1 Å². The van der Waals surface area contributed by atoms with Gasteiger partial charge in [-0.15, -0.1) is 0 Å². The van der Waals surface area contributed by atoms with Crippen LogP contribution in [0.25, 0.3) is 0 Å². The number of fused-ring (bicyclic) bond motifs is 1. The van der Waals surface area contributed by atoms with Crippen LogP contribution in [0.4, 0.5) is 5.82 Å². The van der Waals surface area contributed by atoms with Crippen LogP contribution in [-0.2, 0) is 33.8 Å². The number of hydrogen-bond donors (Lipinski definition) is 2. The average molecular weight is 458 g/mol. The number of amides is 2. The van der Waals surface area contributed by atoms with Crippen LogP contribution in [0.1, 0.15) is 62.4 Å². The maximum Gasteiger partial charge on any atom is 0.312 e. The largest absolute Gasteiger partial charge is 0.396 e. The Hall–Kier alpha value is -2.70. The van der Waals surface area contributed by atoms with Crippen molar-refractivity contribution < 1.29 is 19.4 Å². The summed E-state index contributed by atoms with van der Waals surface area (Å²) in [5.74, 6) is -0.529. The second-order valence-corrected chi connectivity index (χ2v) is 9.27. The molecular weight excluding hydrogens is 422 g/mol. The van der Waals surface area contributed by atoms with Gasteiger partial charge in [0.05, 0.1) is 17.8 Å². The van der Waals surface area contributed by atoms with Crippen LogP contribution >= 0.6 is 0 Å². The molecule has 0 aliphatic carbocycles. The summed E-state index contributed by atoms with van der Waals surface area (Å²) in [6, 6.07) is 2.40. The first kappa shape index (κ1) is 24.9. The summed E-state index contributed by atoms with van der Waals surface area (Å²) in [6.07, 6.45) is 3.98. The van der Waals surface area contributed by atoms with Gasteiger partial charge in [-0.2, -0.15) is 5.26 Å². The number of aromatic nitrogens is 1. The van der Waals surface area contributed by atoms with Crippen LogP contribution in [0.3, 0.4) is 0 Å². The van der Waals surface area contributed by atoms with E-state index in [0.717, 1.165) is 36.1 Å². The van der Waals surface area contributed by atoms with E-state index in [4.69, 9.17) is 14.8 Å². The number of carbonyl (C=O) groups is 2. The number of hydrogen-bond acceptors (Lipinski definition) is 7. The summed E-state index contributed by atoms with van der Waals surface area (Å²) >= 11 is 0. The molecule has 0 aromatic carbocycles. The molecule has 2 aliphatic rings. The highest BCUT2D eigenvalue weighted by Crippen LogP contribution is 2.36. The van der Waals surface area contributed by atoms with E-state index in [9.17, 15) is 14.9 Å². The molecule has 0 unspecified atom stereocenters. The maximum absolute atomic E-state index is 12.4. The summed E-state index contributed by atoms with van der Waals surface area (Å²) in [4.78, 5) is 33.0. The normalized spacial score (nSPS) is 17.3. The second kappa shape index (κ2) is 10.9. The van der Waals surface area contributed by atoms with Crippen molar-refractivity contribution in [2.24, 2.45) is 0 Å². The Morgan fingerprint density at radius 3 is 2.58 bits per heavy atom. The molecule has 1 aromatic heterocycles. The van der Waals surface area contributed by atoms with Crippen molar-refractivity contribution >= 4 is 17.6 Å². The molecule has 0 bridgehead atoms. The number of rotatable bonds is 7. The highest BCUT2D eigenvalue weighted by atomic mass is 16.5. The number of nitrogens with zero attached hydrogens (tertiary/aromatic N) is 4. The zero-order chi connectivity index (χ0) is 24.0. The lowest BCUT2D eigenvalue weighted by atomic mass is 9.87. The molecule has 3 heterocycles. The number of unbranched alkanes of at least 4 members (excludes halogenated alkanes) is 1. The van der Waals surface area contributed by atoms with Crippen LogP contribution in [-0.4, -0.2) is 71.7 Å². The smallest absolute Gasteiger partial charge is 0.312 e. The van der Waals surface area contributed by atoms with Crippen molar-refractivity contribution in [1.29, 1.82) is 5.26 Å². The van der Waals surface area contributed by atoms with Gasteiger partial charge in [-0.1, -0.05) is 13.3 Å². The van der Waals surface area contributed by atoms with E-state index in [0.29, 0.717) is 57.0 Å². The molecule has 1 fully saturated rings. The molecular formula is C24H35N5O4. The number of nitriles is 1. The fourth-order valence-electron chi connectivity index (χ4n) is 4.34. The van der Waals surface area contributed by atoms with Crippen molar-refractivity contribution in [3.05, 3.63) is 22.4 Å². The van der Waals surface area contributed by atoms with Crippen LogP contribution in [0.5, 0.6) is 0 Å². The van der Waals surface area contributed by atoms with Crippen LogP contribution in [0.15, 0.2) is 0 Å². The number of ether oxygens (including phenoxy) is 1. The van der Waals surface area contributed by atoms with Gasteiger partial charge < -0.3 is 25.0 Å². The Balaban J connectivity index is 1.80. The quantitative estimate of drug-likeness (QED) is 0.468. The number of piperazine rings is 1. The Bertz CT molecular complexity index is 916. The monoisotopic (exact) mass is 457 g/mol. The summed E-state index contributed by atoms with van der Waals surface area (Å²) < 4.78 is 6.04. The molecule has 2 aliphatic heterocycles. The second-order valence-electron chi connectivity index (χ2n) is 9.27. The number of aliphatic hydroxyl groups excluding tert-OH is 1. The van der Waals surface area contributed by atoms with Gasteiger partial charge in [0.25, 0.3) is 0 Å². The molecule has 0 saturated carbocycles. The van der Waals surface area contributed by atoms with E-state index < -0.39 is 11.8 Å². The first-order valence-corrected chi connectivity index (χ1v) is 11.8. The first-order valence-electron chi connectivity index (χ1n) is 11.8. The first-order chi connectivity index (χ1) is 15.8. The van der Waals surface area contributed by atoms with E-state index in [1.54, 1.807) is 0 Å². The van der Waals surface area contributed by atoms with Crippen molar-refractivity contribution in [3.8, 4) is 6.07 Å². The number of aryl methyl sites for hydroxylation is 1. The van der Waals surface area contributed by atoms with Gasteiger partial charge >= 0.3 is 11.8 Å². The molecule has 9 nitrogen and oxygen atoms in total. The van der Waals surface area contributed by atoms with Crippen LogP contribution in [0, 0.1) is 11.3 Å². The molecule has 1 saturated heterocycles.